The highest BCUT2D eigenvalue weighted by Crippen LogP contribution is 2.19. The summed E-state index contributed by atoms with van der Waals surface area (Å²) in [4.78, 5) is 0. The molecule has 0 radical (unpaired) electrons. The van der Waals surface area contributed by atoms with Crippen molar-refractivity contribution in [1.29, 1.82) is 0 Å². The number of hydrogen-bond donors (Lipinski definition) is 1. The van der Waals surface area contributed by atoms with Crippen molar-refractivity contribution < 1.29 is 8.78 Å². The number of rotatable bonds is 2. The third-order valence-corrected chi connectivity index (χ3v) is 1.85. The van der Waals surface area contributed by atoms with Gasteiger partial charge in [-0.3, -0.25) is 0 Å². The molecule has 4 heteroatoms. The van der Waals surface area contributed by atoms with Gasteiger partial charge in [-0.15, -0.1) is 0 Å². The first-order chi connectivity index (χ1) is 6.00. The Morgan fingerprint density at radius 3 is 2.23 bits per heavy atom. The van der Waals surface area contributed by atoms with Crippen LogP contribution in [-0.4, -0.2) is 6.04 Å². The van der Waals surface area contributed by atoms with Crippen LogP contribution in [0.3, 0.4) is 0 Å². The number of nitrogens with two attached hydrogens (primary N) is 1. The Balaban J connectivity index is 3.06. The summed E-state index contributed by atoms with van der Waals surface area (Å²) in [7, 11) is 0. The average Bonchev–Trinajstić information content (AvgIpc) is 1.96. The normalized spacial score (nSPS) is 13.0. The molecule has 0 aromatic heterocycles. The first-order valence-corrected chi connectivity index (χ1v) is 4.27. The topological polar surface area (TPSA) is 26.0 Å². The minimum Gasteiger partial charge on any atom is -0.328 e. The van der Waals surface area contributed by atoms with E-state index in [1.165, 1.54) is 0 Å². The molecule has 0 saturated carbocycles. The van der Waals surface area contributed by atoms with Crippen molar-refractivity contribution in [3.63, 3.8) is 0 Å². The van der Waals surface area contributed by atoms with E-state index in [1.807, 2.05) is 0 Å². The maximum Gasteiger partial charge on any atom is 0.130 e. The second-order valence-corrected chi connectivity index (χ2v) is 3.47. The number of halogens is 3. The molecule has 2 N–H and O–H groups in total. The minimum atomic E-state index is -0.637. The Morgan fingerprint density at radius 1 is 1.38 bits per heavy atom. The Hall–Kier alpha value is -0.670. The molecule has 1 nitrogen and oxygen atoms in total. The molecule has 1 atom stereocenters. The van der Waals surface area contributed by atoms with E-state index in [0.29, 0.717) is 0 Å². The van der Waals surface area contributed by atoms with Crippen LogP contribution in [0, 0.1) is 11.6 Å². The predicted molar refractivity (Wildman–Crippen MR) is 48.7 cm³/mol. The quantitative estimate of drug-likeness (QED) is 0.789. The Bertz CT molecular complexity index is 289. The molecule has 1 aromatic carbocycles. The van der Waals surface area contributed by atoms with Crippen molar-refractivity contribution in [2.24, 2.45) is 5.73 Å². The lowest BCUT2D eigenvalue weighted by molar-refractivity contribution is 0.542. The van der Waals surface area contributed by atoms with Gasteiger partial charge in [0.25, 0.3) is 0 Å². The van der Waals surface area contributed by atoms with Gasteiger partial charge in [0, 0.05) is 16.6 Å². The summed E-state index contributed by atoms with van der Waals surface area (Å²) in [5.74, 6) is -1.27. The van der Waals surface area contributed by atoms with Crippen LogP contribution < -0.4 is 5.73 Å². The minimum absolute atomic E-state index is 0.000556. The van der Waals surface area contributed by atoms with E-state index in [1.54, 1.807) is 6.92 Å². The molecule has 72 valence electrons. The molecule has 0 bridgehead atoms. The average molecular weight is 206 g/mol. The van der Waals surface area contributed by atoms with Gasteiger partial charge in [0.2, 0.25) is 0 Å². The van der Waals surface area contributed by atoms with Crippen molar-refractivity contribution in [2.45, 2.75) is 19.4 Å². The van der Waals surface area contributed by atoms with Gasteiger partial charge < -0.3 is 5.73 Å². The van der Waals surface area contributed by atoms with Crippen LogP contribution >= 0.6 is 11.6 Å². The summed E-state index contributed by atoms with van der Waals surface area (Å²) < 4.78 is 26.2. The largest absolute Gasteiger partial charge is 0.328 e. The van der Waals surface area contributed by atoms with Crippen molar-refractivity contribution in [1.82, 2.24) is 0 Å². The predicted octanol–water partition coefficient (Wildman–Crippen LogP) is 2.51. The molecule has 13 heavy (non-hydrogen) atoms. The molecule has 1 rings (SSSR count). The molecule has 1 unspecified atom stereocenters. The Labute approximate surface area is 80.5 Å². The maximum absolute atomic E-state index is 13.1. The van der Waals surface area contributed by atoms with Crippen LogP contribution in [0.1, 0.15) is 12.5 Å². The molecule has 0 fully saturated rings. The van der Waals surface area contributed by atoms with E-state index in [-0.39, 0.29) is 23.0 Å². The Kier molecular flexibility index (Phi) is 3.22. The SMILES string of the molecule is CC(N)Cc1c(F)cc(Cl)cc1F. The van der Waals surface area contributed by atoms with Gasteiger partial charge in [0.15, 0.2) is 0 Å². The fraction of sp³-hybridized carbons (Fsp3) is 0.333. The van der Waals surface area contributed by atoms with E-state index >= 15 is 0 Å². The third kappa shape index (κ3) is 2.64. The summed E-state index contributed by atoms with van der Waals surface area (Å²) in [6.45, 7) is 1.69. The van der Waals surface area contributed by atoms with Gasteiger partial charge in [0.1, 0.15) is 11.6 Å². The summed E-state index contributed by atoms with van der Waals surface area (Å²) in [5, 5.41) is 0.0587. The van der Waals surface area contributed by atoms with Gasteiger partial charge >= 0.3 is 0 Å². The van der Waals surface area contributed by atoms with Crippen LogP contribution in [0.5, 0.6) is 0 Å². The standard InChI is InChI=1S/C9H10ClF2N/c1-5(13)2-7-8(11)3-6(10)4-9(7)12/h3-5H,2,13H2,1H3. The smallest absolute Gasteiger partial charge is 0.130 e. The lowest BCUT2D eigenvalue weighted by Gasteiger charge is -2.07. The van der Waals surface area contributed by atoms with E-state index < -0.39 is 11.6 Å². The van der Waals surface area contributed by atoms with Crippen LogP contribution in [0.15, 0.2) is 12.1 Å². The van der Waals surface area contributed by atoms with E-state index in [2.05, 4.69) is 0 Å². The monoisotopic (exact) mass is 205 g/mol. The highest BCUT2D eigenvalue weighted by Gasteiger charge is 2.11. The highest BCUT2D eigenvalue weighted by molar-refractivity contribution is 6.30. The summed E-state index contributed by atoms with van der Waals surface area (Å²) in [6.07, 6.45) is 0.175. The summed E-state index contributed by atoms with van der Waals surface area (Å²) >= 11 is 5.45. The zero-order chi connectivity index (χ0) is 10.0. The lowest BCUT2D eigenvalue weighted by atomic mass is 10.1. The fourth-order valence-electron chi connectivity index (χ4n) is 1.09. The molecular formula is C9H10ClF2N. The molecular weight excluding hydrogens is 196 g/mol. The van der Waals surface area contributed by atoms with Crippen molar-refractivity contribution in [3.05, 3.63) is 34.4 Å². The second-order valence-electron chi connectivity index (χ2n) is 3.03. The maximum atomic E-state index is 13.1. The van der Waals surface area contributed by atoms with Crippen LogP contribution in [0.2, 0.25) is 5.02 Å². The van der Waals surface area contributed by atoms with E-state index in [4.69, 9.17) is 17.3 Å². The highest BCUT2D eigenvalue weighted by atomic mass is 35.5. The molecule has 0 saturated heterocycles. The summed E-state index contributed by atoms with van der Waals surface area (Å²) in [5.41, 5.74) is 5.43. The molecule has 0 amide bonds. The van der Waals surface area contributed by atoms with E-state index in [9.17, 15) is 8.78 Å². The Morgan fingerprint density at radius 2 is 1.85 bits per heavy atom. The number of benzene rings is 1. The van der Waals surface area contributed by atoms with Gasteiger partial charge in [0.05, 0.1) is 0 Å². The van der Waals surface area contributed by atoms with Crippen molar-refractivity contribution >= 4 is 11.6 Å². The third-order valence-electron chi connectivity index (χ3n) is 1.63. The molecule has 0 aliphatic heterocycles. The van der Waals surface area contributed by atoms with E-state index in [0.717, 1.165) is 12.1 Å². The van der Waals surface area contributed by atoms with Crippen molar-refractivity contribution in [3.8, 4) is 0 Å². The van der Waals surface area contributed by atoms with Crippen LogP contribution in [0.4, 0.5) is 8.78 Å². The molecule has 0 aliphatic carbocycles. The summed E-state index contributed by atoms with van der Waals surface area (Å²) in [6, 6.07) is 1.90. The second kappa shape index (κ2) is 4.03. The molecule has 0 heterocycles. The van der Waals surface area contributed by atoms with Crippen LogP contribution in [0.25, 0.3) is 0 Å². The first kappa shape index (κ1) is 10.4. The van der Waals surface area contributed by atoms with Gasteiger partial charge in [-0.1, -0.05) is 11.6 Å². The zero-order valence-electron chi connectivity index (χ0n) is 7.15. The lowest BCUT2D eigenvalue weighted by Crippen LogP contribution is -2.19. The van der Waals surface area contributed by atoms with Gasteiger partial charge in [-0.2, -0.15) is 0 Å². The number of hydrogen-bond acceptors (Lipinski definition) is 1. The van der Waals surface area contributed by atoms with Gasteiger partial charge in [-0.05, 0) is 25.5 Å². The first-order valence-electron chi connectivity index (χ1n) is 3.89. The van der Waals surface area contributed by atoms with Gasteiger partial charge in [-0.25, -0.2) is 8.78 Å². The zero-order valence-corrected chi connectivity index (χ0v) is 7.91. The molecule has 1 aromatic rings. The fourth-order valence-corrected chi connectivity index (χ4v) is 1.28. The van der Waals surface area contributed by atoms with Crippen LogP contribution in [-0.2, 0) is 6.42 Å². The molecule has 0 spiro atoms. The molecule has 0 aliphatic rings. The van der Waals surface area contributed by atoms with Crippen molar-refractivity contribution in [2.75, 3.05) is 0 Å².